The molecule has 2 aromatic rings. The Morgan fingerprint density at radius 1 is 0.909 bits per heavy atom. The minimum absolute atomic E-state index is 0.0427. The molecule has 1 aromatic carbocycles. The molecule has 0 amide bonds. The van der Waals surface area contributed by atoms with E-state index in [0.29, 0.717) is 0 Å². The lowest BCUT2D eigenvalue weighted by molar-refractivity contribution is -0.699. The Balaban J connectivity index is 1.52. The second kappa shape index (κ2) is 7.87. The highest BCUT2D eigenvalue weighted by atomic mass is 16.7. The highest BCUT2D eigenvalue weighted by molar-refractivity contribution is 5.68. The molecule has 0 unspecified atom stereocenters. The van der Waals surface area contributed by atoms with E-state index in [1.54, 1.807) is 0 Å². The normalized spacial score (nSPS) is 16.2. The van der Waals surface area contributed by atoms with Crippen molar-refractivity contribution in [3.8, 4) is 0 Å². The van der Waals surface area contributed by atoms with E-state index in [0.717, 1.165) is 32.6 Å². The average Bonchev–Trinajstić information content (AvgIpc) is 2.61. The van der Waals surface area contributed by atoms with E-state index in [-0.39, 0.29) is 6.29 Å². The highest BCUT2D eigenvalue weighted by Gasteiger charge is 2.15. The summed E-state index contributed by atoms with van der Waals surface area (Å²) in [5, 5.41) is 0. The van der Waals surface area contributed by atoms with E-state index < -0.39 is 0 Å². The van der Waals surface area contributed by atoms with E-state index in [9.17, 15) is 0 Å². The first-order chi connectivity index (χ1) is 10.9. The molecule has 0 N–H and O–H groups in total. The minimum Gasteiger partial charge on any atom is -0.352 e. The largest absolute Gasteiger partial charge is 0.352 e. The van der Waals surface area contributed by atoms with Crippen LogP contribution in [0.15, 0.2) is 54.9 Å². The number of benzene rings is 1. The summed E-state index contributed by atoms with van der Waals surface area (Å²) in [7, 11) is 0. The lowest BCUT2D eigenvalue weighted by Gasteiger charge is -2.21. The van der Waals surface area contributed by atoms with Gasteiger partial charge in [-0.2, -0.15) is 0 Å². The standard InChI is InChI=1S/C19H22NO2/c1-2-5-17(6-3-1)7-8-18-9-12-20(13-10-18)14-11-19-21-15-4-16-22-19/h1-3,5-10,12-13,19H,4,11,14-16H2/q+1/b8-7+. The molecule has 2 heterocycles. The van der Waals surface area contributed by atoms with Gasteiger partial charge in [0.2, 0.25) is 0 Å². The zero-order valence-corrected chi connectivity index (χ0v) is 12.7. The molecule has 1 aromatic heterocycles. The molecule has 0 radical (unpaired) electrons. The maximum Gasteiger partial charge on any atom is 0.169 e. The zero-order valence-electron chi connectivity index (χ0n) is 12.7. The molecule has 114 valence electrons. The van der Waals surface area contributed by atoms with E-state index in [2.05, 4.69) is 53.4 Å². The highest BCUT2D eigenvalue weighted by Crippen LogP contribution is 2.09. The van der Waals surface area contributed by atoms with Crippen LogP contribution in [0.5, 0.6) is 0 Å². The molecule has 0 aliphatic carbocycles. The van der Waals surface area contributed by atoms with Crippen LogP contribution in [0, 0.1) is 0 Å². The van der Waals surface area contributed by atoms with Gasteiger partial charge in [0.1, 0.15) is 0 Å². The van der Waals surface area contributed by atoms with E-state index in [4.69, 9.17) is 9.47 Å². The number of hydrogen-bond acceptors (Lipinski definition) is 2. The molecular weight excluding hydrogens is 274 g/mol. The average molecular weight is 296 g/mol. The molecule has 0 saturated carbocycles. The first-order valence-electron chi connectivity index (χ1n) is 7.86. The van der Waals surface area contributed by atoms with Crippen molar-refractivity contribution >= 4 is 12.2 Å². The third kappa shape index (κ3) is 4.52. The number of aryl methyl sites for hydroxylation is 1. The van der Waals surface area contributed by atoms with Crippen molar-refractivity contribution in [1.82, 2.24) is 0 Å². The molecule has 3 rings (SSSR count). The topological polar surface area (TPSA) is 22.3 Å². The second-order valence-electron chi connectivity index (χ2n) is 5.43. The maximum absolute atomic E-state index is 5.56. The van der Waals surface area contributed by atoms with Crippen molar-refractivity contribution in [2.24, 2.45) is 0 Å². The predicted molar refractivity (Wildman–Crippen MR) is 86.9 cm³/mol. The van der Waals surface area contributed by atoms with Gasteiger partial charge in [0, 0.05) is 12.1 Å². The van der Waals surface area contributed by atoms with Crippen LogP contribution >= 0.6 is 0 Å². The lowest BCUT2D eigenvalue weighted by atomic mass is 10.1. The SMILES string of the molecule is C(=C\c1cc[n+](CCC2OCCCO2)cc1)/c1ccccc1. The summed E-state index contributed by atoms with van der Waals surface area (Å²) in [5.41, 5.74) is 2.41. The van der Waals surface area contributed by atoms with Crippen LogP contribution in [0.3, 0.4) is 0 Å². The maximum atomic E-state index is 5.56. The van der Waals surface area contributed by atoms with Gasteiger partial charge in [-0.15, -0.1) is 0 Å². The third-order valence-electron chi connectivity index (χ3n) is 3.70. The first-order valence-corrected chi connectivity index (χ1v) is 7.86. The van der Waals surface area contributed by atoms with E-state index in [1.807, 2.05) is 18.2 Å². The number of nitrogens with zero attached hydrogens (tertiary/aromatic N) is 1. The molecule has 1 saturated heterocycles. The summed E-state index contributed by atoms with van der Waals surface area (Å²) >= 11 is 0. The van der Waals surface area contributed by atoms with Gasteiger partial charge in [-0.05, 0) is 17.5 Å². The van der Waals surface area contributed by atoms with Crippen LogP contribution in [0.25, 0.3) is 12.2 Å². The van der Waals surface area contributed by atoms with E-state index in [1.165, 1.54) is 11.1 Å². The minimum atomic E-state index is -0.0427. The van der Waals surface area contributed by atoms with Crippen LogP contribution < -0.4 is 4.57 Å². The fourth-order valence-electron chi connectivity index (χ4n) is 2.44. The Morgan fingerprint density at radius 2 is 1.55 bits per heavy atom. The molecular formula is C19H22NO2+. The molecule has 3 heteroatoms. The molecule has 1 fully saturated rings. The fraction of sp³-hybridized carbons (Fsp3) is 0.316. The summed E-state index contributed by atoms with van der Waals surface area (Å²) in [6.07, 6.45) is 10.3. The Hall–Kier alpha value is -1.97. The lowest BCUT2D eigenvalue weighted by Crippen LogP contribution is -2.36. The quantitative estimate of drug-likeness (QED) is 0.790. The molecule has 1 aliphatic heterocycles. The number of ether oxygens (including phenoxy) is 2. The Labute approximate surface area is 131 Å². The van der Waals surface area contributed by atoms with Gasteiger partial charge < -0.3 is 9.47 Å². The molecule has 0 bridgehead atoms. The van der Waals surface area contributed by atoms with Crippen LogP contribution in [0.2, 0.25) is 0 Å². The number of rotatable bonds is 5. The van der Waals surface area contributed by atoms with Crippen molar-refractivity contribution < 1.29 is 14.0 Å². The van der Waals surface area contributed by atoms with Crippen molar-refractivity contribution in [1.29, 1.82) is 0 Å². The first kappa shape index (κ1) is 14.9. The molecule has 3 nitrogen and oxygen atoms in total. The summed E-state index contributed by atoms with van der Waals surface area (Å²) in [6.45, 7) is 2.55. The smallest absolute Gasteiger partial charge is 0.169 e. The van der Waals surface area contributed by atoms with Gasteiger partial charge in [-0.25, -0.2) is 4.57 Å². The van der Waals surface area contributed by atoms with Crippen molar-refractivity contribution in [3.05, 3.63) is 66.0 Å². The molecule has 1 aliphatic rings. The number of pyridine rings is 1. The third-order valence-corrected chi connectivity index (χ3v) is 3.70. The Morgan fingerprint density at radius 3 is 2.23 bits per heavy atom. The van der Waals surface area contributed by atoms with Crippen LogP contribution in [-0.4, -0.2) is 19.5 Å². The predicted octanol–water partition coefficient (Wildman–Crippen LogP) is 3.30. The van der Waals surface area contributed by atoms with E-state index >= 15 is 0 Å². The van der Waals surface area contributed by atoms with Gasteiger partial charge in [-0.1, -0.05) is 42.5 Å². The van der Waals surface area contributed by atoms with Gasteiger partial charge in [-0.3, -0.25) is 0 Å². The van der Waals surface area contributed by atoms with Crippen molar-refractivity contribution in [3.63, 3.8) is 0 Å². The summed E-state index contributed by atoms with van der Waals surface area (Å²) in [5.74, 6) is 0. The Bertz CT molecular complexity index is 587. The fourth-order valence-corrected chi connectivity index (χ4v) is 2.44. The molecule has 0 spiro atoms. The van der Waals surface area contributed by atoms with Crippen LogP contribution in [0.4, 0.5) is 0 Å². The monoisotopic (exact) mass is 296 g/mol. The van der Waals surface area contributed by atoms with Gasteiger partial charge in [0.05, 0.1) is 19.6 Å². The second-order valence-corrected chi connectivity index (χ2v) is 5.43. The van der Waals surface area contributed by atoms with Crippen molar-refractivity contribution in [2.75, 3.05) is 13.2 Å². The van der Waals surface area contributed by atoms with Crippen molar-refractivity contribution in [2.45, 2.75) is 25.7 Å². The molecule has 22 heavy (non-hydrogen) atoms. The number of hydrogen-bond donors (Lipinski definition) is 0. The van der Waals surface area contributed by atoms with Crippen LogP contribution in [-0.2, 0) is 16.0 Å². The zero-order chi connectivity index (χ0) is 15.0. The summed E-state index contributed by atoms with van der Waals surface area (Å²) in [6, 6.07) is 14.6. The summed E-state index contributed by atoms with van der Waals surface area (Å²) < 4.78 is 13.3. The molecule has 0 atom stereocenters. The van der Waals surface area contributed by atoms with Gasteiger partial charge in [0.15, 0.2) is 25.2 Å². The number of aromatic nitrogens is 1. The van der Waals surface area contributed by atoms with Gasteiger partial charge >= 0.3 is 0 Å². The van der Waals surface area contributed by atoms with Gasteiger partial charge in [0.25, 0.3) is 0 Å². The van der Waals surface area contributed by atoms with Crippen LogP contribution in [0.1, 0.15) is 24.0 Å². The summed E-state index contributed by atoms with van der Waals surface area (Å²) in [4.78, 5) is 0. The Kier molecular flexibility index (Phi) is 5.35.